The molecule has 0 saturated carbocycles. The van der Waals surface area contributed by atoms with Crippen LogP contribution in [0.1, 0.15) is 20.9 Å². The van der Waals surface area contributed by atoms with Gasteiger partial charge in [0.1, 0.15) is 9.88 Å². The van der Waals surface area contributed by atoms with Crippen LogP contribution in [0, 0.1) is 6.92 Å². The molecule has 3 aromatic heterocycles. The lowest BCUT2D eigenvalue weighted by molar-refractivity contribution is 0.0954. The predicted molar refractivity (Wildman–Crippen MR) is 110 cm³/mol. The zero-order chi connectivity index (χ0) is 18.8. The van der Waals surface area contributed by atoms with Crippen molar-refractivity contribution in [2.45, 2.75) is 13.5 Å². The van der Waals surface area contributed by atoms with Crippen molar-refractivity contribution in [1.29, 1.82) is 0 Å². The first-order valence-corrected chi connectivity index (χ1v) is 10.2. The molecule has 0 radical (unpaired) electrons. The molecule has 0 bridgehead atoms. The van der Waals surface area contributed by atoms with E-state index < -0.39 is 0 Å². The zero-order valence-electron chi connectivity index (χ0n) is 14.3. The highest BCUT2D eigenvalue weighted by Gasteiger charge is 2.17. The molecule has 0 saturated heterocycles. The molecule has 1 aromatic carbocycles. The van der Waals surface area contributed by atoms with E-state index in [1.165, 1.54) is 22.7 Å². The molecule has 136 valence electrons. The normalized spacial score (nSPS) is 10.9. The van der Waals surface area contributed by atoms with Gasteiger partial charge < -0.3 is 5.32 Å². The highest BCUT2D eigenvalue weighted by molar-refractivity contribution is 7.24. The van der Waals surface area contributed by atoms with Gasteiger partial charge in [-0.15, -0.1) is 22.7 Å². The fourth-order valence-electron chi connectivity index (χ4n) is 2.69. The number of amides is 1. The molecule has 8 heteroatoms. The van der Waals surface area contributed by atoms with Crippen molar-refractivity contribution in [1.82, 2.24) is 20.1 Å². The number of thiophene rings is 1. The monoisotopic (exact) mass is 414 g/mol. The molecule has 0 aliphatic carbocycles. The second kappa shape index (κ2) is 7.64. The largest absolute Gasteiger partial charge is 0.347 e. The average molecular weight is 415 g/mol. The van der Waals surface area contributed by atoms with Gasteiger partial charge in [0.2, 0.25) is 0 Å². The molecule has 4 aromatic rings. The highest BCUT2D eigenvalue weighted by atomic mass is 35.5. The Morgan fingerprint density at radius 1 is 1.19 bits per heavy atom. The van der Waals surface area contributed by atoms with Gasteiger partial charge in [0.05, 0.1) is 20.6 Å². The Morgan fingerprint density at radius 2 is 2.04 bits per heavy atom. The molecule has 0 spiro atoms. The van der Waals surface area contributed by atoms with Crippen LogP contribution in [0.5, 0.6) is 0 Å². The molecule has 0 aliphatic rings. The van der Waals surface area contributed by atoms with Gasteiger partial charge in [0.15, 0.2) is 0 Å². The van der Waals surface area contributed by atoms with Crippen LogP contribution in [-0.2, 0) is 6.54 Å². The lowest BCUT2D eigenvalue weighted by atomic mass is 10.1. The van der Waals surface area contributed by atoms with Crippen LogP contribution in [0.4, 0.5) is 0 Å². The topological polar surface area (TPSA) is 59.8 Å². The summed E-state index contributed by atoms with van der Waals surface area (Å²) in [6.45, 7) is 2.26. The van der Waals surface area contributed by atoms with Crippen molar-refractivity contribution in [3.63, 3.8) is 0 Å². The van der Waals surface area contributed by atoms with Gasteiger partial charge in [0, 0.05) is 18.9 Å². The van der Waals surface area contributed by atoms with Gasteiger partial charge in [-0.1, -0.05) is 29.8 Å². The van der Waals surface area contributed by atoms with Gasteiger partial charge in [-0.05, 0) is 36.8 Å². The van der Waals surface area contributed by atoms with Gasteiger partial charge in [-0.2, -0.15) is 5.10 Å². The minimum absolute atomic E-state index is 0.130. The van der Waals surface area contributed by atoms with Crippen LogP contribution in [0.2, 0.25) is 4.34 Å². The Labute approximate surface area is 169 Å². The van der Waals surface area contributed by atoms with E-state index in [-0.39, 0.29) is 5.91 Å². The van der Waals surface area contributed by atoms with Gasteiger partial charge in [0.25, 0.3) is 5.91 Å². The summed E-state index contributed by atoms with van der Waals surface area (Å²) in [7, 11) is 0. The number of hydrogen-bond donors (Lipinski definition) is 1. The second-order valence-electron chi connectivity index (χ2n) is 5.80. The Balaban J connectivity index is 1.52. The first-order chi connectivity index (χ1) is 13.1. The van der Waals surface area contributed by atoms with Crippen molar-refractivity contribution in [2.75, 3.05) is 0 Å². The van der Waals surface area contributed by atoms with Crippen molar-refractivity contribution in [3.05, 3.63) is 75.3 Å². The van der Waals surface area contributed by atoms with Crippen molar-refractivity contribution in [2.24, 2.45) is 0 Å². The Kier molecular flexibility index (Phi) is 5.07. The predicted octanol–water partition coefficient (Wildman–Crippen LogP) is 4.95. The summed E-state index contributed by atoms with van der Waals surface area (Å²) >= 11 is 8.84. The van der Waals surface area contributed by atoms with E-state index in [1.54, 1.807) is 10.9 Å². The van der Waals surface area contributed by atoms with Crippen LogP contribution < -0.4 is 5.32 Å². The van der Waals surface area contributed by atoms with Crippen LogP contribution in [0.15, 0.2) is 54.9 Å². The number of halogens is 1. The third-order valence-electron chi connectivity index (χ3n) is 3.97. The number of thiazole rings is 1. The van der Waals surface area contributed by atoms with E-state index in [0.29, 0.717) is 15.8 Å². The molecule has 0 atom stereocenters. The van der Waals surface area contributed by atoms with Crippen molar-refractivity contribution >= 4 is 40.2 Å². The van der Waals surface area contributed by atoms with E-state index in [0.717, 1.165) is 26.8 Å². The van der Waals surface area contributed by atoms with Crippen LogP contribution in [0.25, 0.3) is 15.6 Å². The summed E-state index contributed by atoms with van der Waals surface area (Å²) in [5, 5.41) is 8.08. The quantitative estimate of drug-likeness (QED) is 0.502. The van der Waals surface area contributed by atoms with E-state index >= 15 is 0 Å². The maximum Gasteiger partial charge on any atom is 0.263 e. The molecular formula is C19H15ClN4OS2. The number of para-hydroxylation sites is 1. The fourth-order valence-corrected chi connectivity index (χ4v) is 4.77. The summed E-state index contributed by atoms with van der Waals surface area (Å²) in [4.78, 5) is 18.8. The van der Waals surface area contributed by atoms with E-state index in [1.807, 2.05) is 55.6 Å². The van der Waals surface area contributed by atoms with Gasteiger partial charge in [-0.3, -0.25) is 4.79 Å². The van der Waals surface area contributed by atoms with Gasteiger partial charge >= 0.3 is 0 Å². The summed E-state index contributed by atoms with van der Waals surface area (Å²) in [5.74, 6) is -0.130. The molecule has 5 nitrogen and oxygen atoms in total. The maximum atomic E-state index is 12.7. The number of carbonyl (C=O) groups excluding carboxylic acids is 1. The Hall–Kier alpha value is -2.48. The number of rotatable bonds is 5. The van der Waals surface area contributed by atoms with E-state index in [2.05, 4.69) is 15.4 Å². The molecule has 1 amide bonds. The van der Waals surface area contributed by atoms with Crippen LogP contribution >= 0.6 is 34.3 Å². The Morgan fingerprint density at radius 3 is 2.78 bits per heavy atom. The summed E-state index contributed by atoms with van der Waals surface area (Å²) in [5.41, 5.74) is 2.65. The number of nitrogens with zero attached hydrogens (tertiary/aromatic N) is 3. The molecule has 0 fully saturated rings. The lowest BCUT2D eigenvalue weighted by Crippen LogP contribution is -2.23. The molecule has 3 heterocycles. The third-order valence-corrected chi connectivity index (χ3v) is 6.53. The molecule has 1 N–H and O–H groups in total. The first kappa shape index (κ1) is 17.9. The highest BCUT2D eigenvalue weighted by Crippen LogP contribution is 2.34. The Bertz CT molecular complexity index is 1090. The molecule has 27 heavy (non-hydrogen) atoms. The number of nitrogens with one attached hydrogen (secondary N) is 1. The maximum absolute atomic E-state index is 12.7. The zero-order valence-corrected chi connectivity index (χ0v) is 16.7. The summed E-state index contributed by atoms with van der Waals surface area (Å²) in [6.07, 6.45) is 3.61. The van der Waals surface area contributed by atoms with Gasteiger partial charge in [-0.25, -0.2) is 9.67 Å². The summed E-state index contributed by atoms with van der Waals surface area (Å²) < 4.78 is 2.50. The van der Waals surface area contributed by atoms with E-state index in [9.17, 15) is 4.79 Å². The number of hydrogen-bond acceptors (Lipinski definition) is 5. The van der Waals surface area contributed by atoms with Crippen LogP contribution in [0.3, 0.4) is 0 Å². The molecular weight excluding hydrogens is 400 g/mol. The van der Waals surface area contributed by atoms with Crippen LogP contribution in [-0.4, -0.2) is 20.7 Å². The van der Waals surface area contributed by atoms with E-state index in [4.69, 9.17) is 11.6 Å². The molecule has 0 aliphatic heterocycles. The SMILES string of the molecule is Cc1nc(-c2ccc(Cl)s2)sc1C(=O)NCc1ccccc1-n1cccn1. The standard InChI is InChI=1S/C19H15ClN4OS2/c1-12-17(27-19(23-12)15-7-8-16(20)26-15)18(25)21-11-13-5-2-3-6-14(13)24-10-4-9-22-24/h2-10H,11H2,1H3,(H,21,25). The fraction of sp³-hybridized carbons (Fsp3) is 0.105. The minimum atomic E-state index is -0.130. The van der Waals surface area contributed by atoms with Crippen molar-refractivity contribution in [3.8, 4) is 15.6 Å². The van der Waals surface area contributed by atoms with Crippen molar-refractivity contribution < 1.29 is 4.79 Å². The number of aryl methyl sites for hydroxylation is 1. The molecule has 4 rings (SSSR count). The number of benzene rings is 1. The summed E-state index contributed by atoms with van der Waals surface area (Å²) in [6, 6.07) is 13.5. The molecule has 0 unspecified atom stereocenters. The minimum Gasteiger partial charge on any atom is -0.347 e. The second-order valence-corrected chi connectivity index (χ2v) is 8.51. The third kappa shape index (κ3) is 3.80. The average Bonchev–Trinajstić information content (AvgIpc) is 3.41. The smallest absolute Gasteiger partial charge is 0.263 e. The first-order valence-electron chi connectivity index (χ1n) is 8.21. The number of aromatic nitrogens is 3. The number of carbonyl (C=O) groups is 1. The lowest BCUT2D eigenvalue weighted by Gasteiger charge is -2.10.